The van der Waals surface area contributed by atoms with Crippen molar-refractivity contribution in [2.45, 2.75) is 20.8 Å². The number of rotatable bonds is 4. The predicted molar refractivity (Wildman–Crippen MR) is 88.9 cm³/mol. The lowest BCUT2D eigenvalue weighted by atomic mass is 10.1. The van der Waals surface area contributed by atoms with Crippen LogP contribution in [0.3, 0.4) is 0 Å². The first-order chi connectivity index (χ1) is 9.95. The van der Waals surface area contributed by atoms with E-state index in [1.54, 1.807) is 0 Å². The van der Waals surface area contributed by atoms with Crippen LogP contribution in [0.5, 0.6) is 5.75 Å². The molecule has 0 aliphatic rings. The number of carbonyl (C=O) groups excluding carboxylic acids is 1. The lowest BCUT2D eigenvalue weighted by Crippen LogP contribution is -2.21. The average Bonchev–Trinajstić information content (AvgIpc) is 2.40. The van der Waals surface area contributed by atoms with Gasteiger partial charge >= 0.3 is 0 Å². The third kappa shape index (κ3) is 4.33. The molecule has 0 atom stereocenters. The number of amides is 1. The summed E-state index contributed by atoms with van der Waals surface area (Å²) in [5.74, 6) is 0.541. The Morgan fingerprint density at radius 1 is 1.14 bits per heavy atom. The number of benzene rings is 2. The fourth-order valence-corrected chi connectivity index (χ4v) is 2.82. The van der Waals surface area contributed by atoms with Crippen molar-refractivity contribution in [2.24, 2.45) is 0 Å². The van der Waals surface area contributed by atoms with Crippen LogP contribution in [0.2, 0.25) is 0 Å². The minimum absolute atomic E-state index is 0.00159. The van der Waals surface area contributed by atoms with Crippen LogP contribution in [-0.4, -0.2) is 12.5 Å². The highest BCUT2D eigenvalue weighted by Gasteiger charge is 2.09. The summed E-state index contributed by atoms with van der Waals surface area (Å²) in [6, 6.07) is 11.6. The van der Waals surface area contributed by atoms with Crippen LogP contribution < -0.4 is 10.1 Å². The van der Waals surface area contributed by atoms with Gasteiger partial charge in [-0.1, -0.05) is 28.1 Å². The van der Waals surface area contributed by atoms with Gasteiger partial charge in [-0.25, -0.2) is 0 Å². The zero-order valence-corrected chi connectivity index (χ0v) is 14.0. The Bertz CT molecular complexity index is 645. The van der Waals surface area contributed by atoms with Crippen molar-refractivity contribution in [1.82, 2.24) is 0 Å². The molecule has 1 N–H and O–H groups in total. The number of nitrogens with one attached hydrogen (secondary N) is 1. The van der Waals surface area contributed by atoms with Gasteiger partial charge in [0.1, 0.15) is 5.75 Å². The van der Waals surface area contributed by atoms with Crippen molar-refractivity contribution < 1.29 is 9.53 Å². The topological polar surface area (TPSA) is 38.3 Å². The van der Waals surface area contributed by atoms with Crippen LogP contribution in [0.1, 0.15) is 16.7 Å². The molecule has 110 valence electrons. The van der Waals surface area contributed by atoms with Gasteiger partial charge in [-0.2, -0.15) is 0 Å². The molecule has 0 fully saturated rings. The second-order valence-corrected chi connectivity index (χ2v) is 5.98. The largest absolute Gasteiger partial charge is 0.484 e. The van der Waals surface area contributed by atoms with E-state index in [1.807, 2.05) is 57.2 Å². The molecule has 1 amide bonds. The molecule has 0 saturated heterocycles. The Balaban J connectivity index is 1.99. The van der Waals surface area contributed by atoms with Gasteiger partial charge in [-0.15, -0.1) is 0 Å². The van der Waals surface area contributed by atoms with Crippen molar-refractivity contribution in [3.8, 4) is 5.75 Å². The van der Waals surface area contributed by atoms with Crippen molar-refractivity contribution in [1.29, 1.82) is 0 Å². The molecule has 2 aromatic carbocycles. The summed E-state index contributed by atoms with van der Waals surface area (Å²) in [4.78, 5) is 12.0. The molecule has 0 aromatic heterocycles. The summed E-state index contributed by atoms with van der Waals surface area (Å²) >= 11 is 3.44. The number of anilines is 1. The van der Waals surface area contributed by atoms with Crippen LogP contribution in [0, 0.1) is 20.8 Å². The first-order valence-electron chi connectivity index (χ1n) is 6.72. The average molecular weight is 348 g/mol. The molecule has 21 heavy (non-hydrogen) atoms. The first-order valence-corrected chi connectivity index (χ1v) is 7.51. The fourth-order valence-electron chi connectivity index (χ4n) is 2.14. The van der Waals surface area contributed by atoms with Gasteiger partial charge in [0.2, 0.25) is 0 Å². The molecular formula is C17H18BrNO2. The van der Waals surface area contributed by atoms with Gasteiger partial charge in [-0.3, -0.25) is 4.79 Å². The summed E-state index contributed by atoms with van der Waals surface area (Å²) in [5, 5.41) is 2.91. The Morgan fingerprint density at radius 2 is 1.81 bits per heavy atom. The molecular weight excluding hydrogens is 330 g/mol. The van der Waals surface area contributed by atoms with Crippen LogP contribution in [0.15, 0.2) is 40.9 Å². The Morgan fingerprint density at radius 3 is 2.43 bits per heavy atom. The van der Waals surface area contributed by atoms with E-state index in [1.165, 1.54) is 0 Å². The summed E-state index contributed by atoms with van der Waals surface area (Å²) < 4.78 is 6.51. The smallest absolute Gasteiger partial charge is 0.262 e. The molecule has 3 nitrogen and oxygen atoms in total. The highest BCUT2D eigenvalue weighted by Crippen LogP contribution is 2.25. The predicted octanol–water partition coefficient (Wildman–Crippen LogP) is 4.39. The molecule has 2 rings (SSSR count). The Kier molecular flexibility index (Phi) is 5.02. The third-order valence-corrected chi connectivity index (χ3v) is 3.58. The molecule has 0 aliphatic heterocycles. The van der Waals surface area contributed by atoms with E-state index in [4.69, 9.17) is 4.74 Å². The van der Waals surface area contributed by atoms with Gasteiger partial charge in [0, 0.05) is 10.2 Å². The minimum atomic E-state index is -0.162. The van der Waals surface area contributed by atoms with Gasteiger partial charge in [0.15, 0.2) is 6.61 Å². The van der Waals surface area contributed by atoms with E-state index >= 15 is 0 Å². The number of hydrogen-bond acceptors (Lipinski definition) is 2. The highest BCUT2D eigenvalue weighted by molar-refractivity contribution is 9.10. The number of halogens is 1. The van der Waals surface area contributed by atoms with E-state index in [9.17, 15) is 4.79 Å². The van der Waals surface area contributed by atoms with Gasteiger partial charge in [0.05, 0.1) is 0 Å². The van der Waals surface area contributed by atoms with E-state index in [-0.39, 0.29) is 12.5 Å². The molecule has 0 unspecified atom stereocenters. The van der Waals surface area contributed by atoms with Gasteiger partial charge < -0.3 is 10.1 Å². The molecule has 0 saturated carbocycles. The number of aryl methyl sites for hydroxylation is 3. The Hall–Kier alpha value is -1.81. The third-order valence-electron chi connectivity index (χ3n) is 3.12. The maximum atomic E-state index is 12.0. The van der Waals surface area contributed by atoms with Crippen LogP contribution >= 0.6 is 15.9 Å². The molecule has 4 heteroatoms. The number of carbonyl (C=O) groups is 1. The summed E-state index contributed by atoms with van der Waals surface area (Å²) in [6.07, 6.45) is 0. The zero-order valence-electron chi connectivity index (χ0n) is 12.4. The fraction of sp³-hybridized carbons (Fsp3) is 0.235. The standard InChI is InChI=1S/C17H18BrNO2/c1-11-5-4-6-15(7-11)21-10-16(20)19-17-12(2)8-14(18)9-13(17)3/h4-9H,10H2,1-3H3,(H,19,20). The van der Waals surface area contributed by atoms with Crippen molar-refractivity contribution in [2.75, 3.05) is 11.9 Å². The lowest BCUT2D eigenvalue weighted by Gasteiger charge is -2.13. The highest BCUT2D eigenvalue weighted by atomic mass is 79.9. The molecule has 0 heterocycles. The SMILES string of the molecule is Cc1cccc(OCC(=O)Nc2c(C)cc(Br)cc2C)c1. The van der Waals surface area contributed by atoms with E-state index in [2.05, 4.69) is 21.2 Å². The monoisotopic (exact) mass is 347 g/mol. The first kappa shape index (κ1) is 15.6. The quantitative estimate of drug-likeness (QED) is 0.890. The van der Waals surface area contributed by atoms with E-state index < -0.39 is 0 Å². The summed E-state index contributed by atoms with van der Waals surface area (Å²) in [7, 11) is 0. The van der Waals surface area contributed by atoms with Gasteiger partial charge in [-0.05, 0) is 61.7 Å². The number of hydrogen-bond donors (Lipinski definition) is 1. The maximum Gasteiger partial charge on any atom is 0.262 e. The van der Waals surface area contributed by atoms with Crippen LogP contribution in [0.4, 0.5) is 5.69 Å². The molecule has 0 spiro atoms. The van der Waals surface area contributed by atoms with Crippen molar-refractivity contribution in [3.05, 3.63) is 57.6 Å². The molecule has 0 radical (unpaired) electrons. The molecule has 0 bridgehead atoms. The van der Waals surface area contributed by atoms with Gasteiger partial charge in [0.25, 0.3) is 5.91 Å². The van der Waals surface area contributed by atoms with Crippen LogP contribution in [-0.2, 0) is 4.79 Å². The van der Waals surface area contributed by atoms with E-state index in [0.717, 1.165) is 26.9 Å². The second kappa shape index (κ2) is 6.76. The normalized spacial score (nSPS) is 10.3. The van der Waals surface area contributed by atoms with Crippen molar-refractivity contribution >= 4 is 27.5 Å². The van der Waals surface area contributed by atoms with Crippen LogP contribution in [0.25, 0.3) is 0 Å². The molecule has 2 aromatic rings. The maximum absolute atomic E-state index is 12.0. The van der Waals surface area contributed by atoms with Crippen molar-refractivity contribution in [3.63, 3.8) is 0 Å². The zero-order chi connectivity index (χ0) is 15.4. The summed E-state index contributed by atoms with van der Waals surface area (Å²) in [5.41, 5.74) is 3.99. The Labute approximate surface area is 133 Å². The second-order valence-electron chi connectivity index (χ2n) is 5.07. The lowest BCUT2D eigenvalue weighted by molar-refractivity contribution is -0.118. The molecule has 0 aliphatic carbocycles. The summed E-state index contributed by atoms with van der Waals surface area (Å²) in [6.45, 7) is 5.92. The minimum Gasteiger partial charge on any atom is -0.484 e. The van der Waals surface area contributed by atoms with E-state index in [0.29, 0.717) is 5.75 Å². The number of ether oxygens (including phenoxy) is 1.